The second-order valence-electron chi connectivity index (χ2n) is 10.4. The molecule has 0 saturated heterocycles. The van der Waals surface area contributed by atoms with E-state index in [4.69, 9.17) is 28.4 Å². The lowest BCUT2D eigenvalue weighted by Crippen LogP contribution is -2.14. The van der Waals surface area contributed by atoms with Crippen LogP contribution in [-0.2, 0) is 9.59 Å². The summed E-state index contributed by atoms with van der Waals surface area (Å²) in [6.45, 7) is 2.10. The molecule has 0 amide bonds. The van der Waals surface area contributed by atoms with Gasteiger partial charge in [-0.2, -0.15) is 0 Å². The molecule has 4 aliphatic rings. The number of ether oxygens (including phenoxy) is 6. The lowest BCUT2D eigenvalue weighted by atomic mass is 9.99. The average molecular weight is 621 g/mol. The van der Waals surface area contributed by atoms with Crippen molar-refractivity contribution in [3.8, 4) is 55.4 Å². The maximum Gasteiger partial charge on any atom is 0.345 e. The molecule has 9 rings (SSSR count). The molecule has 0 N–H and O–H groups in total. The van der Waals surface area contributed by atoms with Crippen molar-refractivity contribution in [2.45, 2.75) is 0 Å². The van der Waals surface area contributed by atoms with Gasteiger partial charge in [-0.1, -0.05) is 48.5 Å². The van der Waals surface area contributed by atoms with Gasteiger partial charge in [0.25, 0.3) is 0 Å². The molecule has 0 saturated carbocycles. The third-order valence-corrected chi connectivity index (χ3v) is 9.90. The lowest BCUT2D eigenvalue weighted by molar-refractivity contribution is -0.129. The van der Waals surface area contributed by atoms with Gasteiger partial charge in [-0.05, 0) is 34.4 Å². The molecule has 0 aliphatic carbocycles. The van der Waals surface area contributed by atoms with Crippen LogP contribution in [0.15, 0.2) is 71.4 Å². The van der Waals surface area contributed by atoms with Gasteiger partial charge in [-0.25, -0.2) is 9.59 Å². The zero-order chi connectivity index (χ0) is 29.4. The van der Waals surface area contributed by atoms with Crippen molar-refractivity contribution >= 4 is 45.8 Å². The molecule has 5 aromatic rings. The van der Waals surface area contributed by atoms with Gasteiger partial charge in [-0.15, -0.1) is 22.7 Å². The highest BCUT2D eigenvalue weighted by Crippen LogP contribution is 2.47. The van der Waals surface area contributed by atoms with Crippen LogP contribution >= 0.6 is 22.7 Å². The predicted octanol–water partition coefficient (Wildman–Crippen LogP) is 4.92. The molecule has 6 heterocycles. The van der Waals surface area contributed by atoms with E-state index in [0.717, 1.165) is 43.9 Å². The molecular weight excluding hydrogens is 601 g/mol. The number of hydrogen-bond acceptors (Lipinski definition) is 10. The minimum Gasteiger partial charge on any atom is -0.485 e. The smallest absolute Gasteiger partial charge is 0.345 e. The third kappa shape index (κ3) is 3.81. The highest BCUT2D eigenvalue weighted by Gasteiger charge is 2.34. The van der Waals surface area contributed by atoms with Crippen LogP contribution in [-0.4, -0.2) is 38.4 Å². The predicted molar refractivity (Wildman–Crippen MR) is 163 cm³/mol. The Labute approximate surface area is 257 Å². The minimum atomic E-state index is -0.495. The number of carbonyl (C=O) groups is 2. The Morgan fingerprint density at radius 3 is 1.27 bits per heavy atom. The summed E-state index contributed by atoms with van der Waals surface area (Å²) in [5, 5.41) is 5.06. The molecule has 0 atom stereocenters. The molecule has 3 aromatic carbocycles. The third-order valence-electron chi connectivity index (χ3n) is 7.92. The number of thiophene rings is 2. The quantitative estimate of drug-likeness (QED) is 0.207. The monoisotopic (exact) mass is 620 g/mol. The van der Waals surface area contributed by atoms with Gasteiger partial charge in [0, 0.05) is 21.2 Å². The molecule has 0 fully saturated rings. The Kier molecular flexibility index (Phi) is 5.63. The van der Waals surface area contributed by atoms with Crippen LogP contribution in [0.5, 0.6) is 34.5 Å². The number of fused-ring (bicyclic) bond motifs is 5. The van der Waals surface area contributed by atoms with E-state index in [1.807, 2.05) is 71.4 Å². The first-order valence-corrected chi connectivity index (χ1v) is 15.7. The number of hydrogen-bond donors (Lipinski definition) is 0. The summed E-state index contributed by atoms with van der Waals surface area (Å²) < 4.78 is 34.5. The molecule has 8 nitrogen and oxygen atoms in total. The summed E-state index contributed by atoms with van der Waals surface area (Å²) >= 11 is 3.11. The number of rotatable bonds is 4. The summed E-state index contributed by atoms with van der Waals surface area (Å²) in [6, 6.07) is 19.0. The van der Waals surface area contributed by atoms with E-state index < -0.39 is 11.9 Å². The molecule has 4 aliphatic heterocycles. The van der Waals surface area contributed by atoms with E-state index in [9.17, 15) is 9.59 Å². The van der Waals surface area contributed by atoms with Gasteiger partial charge in [0.15, 0.2) is 34.5 Å². The van der Waals surface area contributed by atoms with Crippen LogP contribution in [0.25, 0.3) is 32.0 Å². The van der Waals surface area contributed by atoms with Crippen LogP contribution in [0.2, 0.25) is 0 Å². The van der Waals surface area contributed by atoms with Crippen molar-refractivity contribution in [1.29, 1.82) is 0 Å². The molecule has 216 valence electrons. The minimum absolute atomic E-state index is 0.256. The molecule has 2 aromatic heterocycles. The Balaban J connectivity index is 1.08. The first kappa shape index (κ1) is 25.4. The van der Waals surface area contributed by atoms with Crippen molar-refractivity contribution in [2.75, 3.05) is 26.4 Å². The normalized spacial score (nSPS) is 16.0. The van der Waals surface area contributed by atoms with Crippen molar-refractivity contribution in [3.05, 3.63) is 93.0 Å². The molecule has 0 radical (unpaired) electrons. The fourth-order valence-corrected chi connectivity index (χ4v) is 7.79. The number of carbonyl (C=O) groups excluding carboxylic acids is 2. The maximum atomic E-state index is 13.2. The average Bonchev–Trinajstić information content (AvgIpc) is 3.83. The van der Waals surface area contributed by atoms with E-state index in [2.05, 4.69) is 0 Å². The Bertz CT molecular complexity index is 2000. The molecule has 10 heteroatoms. The van der Waals surface area contributed by atoms with Crippen molar-refractivity contribution in [2.24, 2.45) is 0 Å². The largest absolute Gasteiger partial charge is 0.485 e. The van der Waals surface area contributed by atoms with Crippen molar-refractivity contribution in [1.82, 2.24) is 0 Å². The van der Waals surface area contributed by atoms with Gasteiger partial charge in [0.1, 0.15) is 26.4 Å². The van der Waals surface area contributed by atoms with Crippen molar-refractivity contribution < 1.29 is 38.0 Å². The summed E-state index contributed by atoms with van der Waals surface area (Å²) in [5.41, 5.74) is 4.17. The Morgan fingerprint density at radius 1 is 0.455 bits per heavy atom. The standard InChI is InChI=1S/C34H20O8S2/c35-33-25(17-1-5-19(6-2-17)31-29-23(15-43-31)37-11-13-39-29)21-9-10-22-26(34(36)42-28(22)27(21)41-33)18-3-7-20(8-4-18)32-30-24(16-44-32)38-12-14-40-30/h1-10,15-16H,11-14H2. The molecule has 0 unspecified atom stereocenters. The molecule has 0 bridgehead atoms. The fourth-order valence-electron chi connectivity index (χ4n) is 5.91. The first-order chi connectivity index (χ1) is 21.6. The SMILES string of the molecule is O=C1Oc2c3c(ccc2=C1c1ccc(-c2scc4c2OCCO4)cc1)=C(c1ccc(-c2scc4c2OCCO4)cc1)C(=O)O3. The van der Waals surface area contributed by atoms with Crippen LogP contribution in [0.4, 0.5) is 0 Å². The van der Waals surface area contributed by atoms with Gasteiger partial charge in [0.05, 0.1) is 20.9 Å². The maximum absolute atomic E-state index is 13.2. The lowest BCUT2D eigenvalue weighted by Gasteiger charge is -2.16. The van der Waals surface area contributed by atoms with E-state index in [1.54, 1.807) is 22.7 Å². The fraction of sp³-hybridized carbons (Fsp3) is 0.118. The Morgan fingerprint density at radius 2 is 0.841 bits per heavy atom. The molecule has 0 spiro atoms. The summed E-state index contributed by atoms with van der Waals surface area (Å²) in [5.74, 6) is 2.53. The second-order valence-corrected chi connectivity index (χ2v) is 12.2. The zero-order valence-corrected chi connectivity index (χ0v) is 24.5. The van der Waals surface area contributed by atoms with Crippen LogP contribution in [0.1, 0.15) is 11.1 Å². The van der Waals surface area contributed by atoms with Crippen LogP contribution < -0.4 is 38.9 Å². The molecule has 44 heavy (non-hydrogen) atoms. The van der Waals surface area contributed by atoms with E-state index in [-0.39, 0.29) is 11.5 Å². The second kappa shape index (κ2) is 9.73. The number of esters is 2. The van der Waals surface area contributed by atoms with Gasteiger partial charge >= 0.3 is 11.9 Å². The van der Waals surface area contributed by atoms with Gasteiger partial charge in [0.2, 0.25) is 0 Å². The van der Waals surface area contributed by atoms with Crippen LogP contribution in [0.3, 0.4) is 0 Å². The zero-order valence-electron chi connectivity index (χ0n) is 22.8. The summed E-state index contributed by atoms with van der Waals surface area (Å²) in [6.07, 6.45) is 0. The van der Waals surface area contributed by atoms with Gasteiger partial charge < -0.3 is 28.4 Å². The van der Waals surface area contributed by atoms with Crippen molar-refractivity contribution in [3.63, 3.8) is 0 Å². The summed E-state index contributed by atoms with van der Waals surface area (Å²) in [4.78, 5) is 28.3. The highest BCUT2D eigenvalue weighted by molar-refractivity contribution is 7.14. The van der Waals surface area contributed by atoms with E-state index in [1.165, 1.54) is 0 Å². The van der Waals surface area contributed by atoms with E-state index >= 15 is 0 Å². The Hall–Kier alpha value is -5.06. The van der Waals surface area contributed by atoms with Gasteiger partial charge in [-0.3, -0.25) is 0 Å². The first-order valence-electron chi connectivity index (χ1n) is 14.0. The molecular formula is C34H20O8S2. The summed E-state index contributed by atoms with van der Waals surface area (Å²) in [7, 11) is 0. The topological polar surface area (TPSA) is 89.5 Å². The highest BCUT2D eigenvalue weighted by atomic mass is 32.1. The van der Waals surface area contributed by atoms with E-state index in [0.29, 0.717) is 59.1 Å². The van der Waals surface area contributed by atoms with Crippen LogP contribution in [0, 0.1) is 0 Å². The number of benzene rings is 3.